The van der Waals surface area contributed by atoms with E-state index in [0.717, 1.165) is 0 Å². The van der Waals surface area contributed by atoms with Crippen LogP contribution in [0.15, 0.2) is 49.6 Å². The van der Waals surface area contributed by atoms with Gasteiger partial charge in [0, 0.05) is 17.5 Å². The van der Waals surface area contributed by atoms with Gasteiger partial charge in [0.05, 0.1) is 5.56 Å². The van der Waals surface area contributed by atoms with Crippen LogP contribution < -0.4 is 5.32 Å². The van der Waals surface area contributed by atoms with Crippen molar-refractivity contribution in [1.82, 2.24) is 4.90 Å². The van der Waals surface area contributed by atoms with Crippen LogP contribution in [0, 0.1) is 0 Å². The van der Waals surface area contributed by atoms with Crippen LogP contribution in [0.3, 0.4) is 0 Å². The highest BCUT2D eigenvalue weighted by Gasteiger charge is 2.39. The van der Waals surface area contributed by atoms with E-state index in [1.807, 2.05) is 0 Å². The Balaban J connectivity index is 2.06. The molecule has 1 saturated heterocycles. The Labute approximate surface area is 163 Å². The molecule has 2 rings (SSSR count). The van der Waals surface area contributed by atoms with Crippen molar-refractivity contribution in [2.75, 3.05) is 25.1 Å². The van der Waals surface area contributed by atoms with E-state index in [-0.39, 0.29) is 24.4 Å². The summed E-state index contributed by atoms with van der Waals surface area (Å²) < 4.78 is 10.0. The first-order valence-electron chi connectivity index (χ1n) is 8.37. The van der Waals surface area contributed by atoms with Gasteiger partial charge in [0.2, 0.25) is 5.91 Å². The molecule has 1 aliphatic rings. The number of rotatable bonds is 7. The maximum Gasteiger partial charge on any atom is 0.410 e. The molecule has 1 aromatic rings. The van der Waals surface area contributed by atoms with E-state index in [2.05, 4.69) is 31.1 Å². The molecule has 0 unspecified atom stereocenters. The van der Waals surface area contributed by atoms with Crippen molar-refractivity contribution < 1.29 is 23.9 Å². The zero-order chi connectivity index (χ0) is 19.8. The molecule has 1 heterocycles. The largest absolute Gasteiger partial charge is 0.458 e. The van der Waals surface area contributed by atoms with Gasteiger partial charge in [-0.25, -0.2) is 9.59 Å². The van der Waals surface area contributed by atoms with Gasteiger partial charge in [-0.3, -0.25) is 9.69 Å². The average Bonchev–Trinajstić information content (AvgIpc) is 3.06. The lowest BCUT2D eigenvalue weighted by Crippen LogP contribution is -2.43. The SMILES string of the molecule is C=CCOC(=O)c1cccc(NC(=O)[C@@H]2C[C@H](S)CN2C(=O)OCC=C)c1. The van der Waals surface area contributed by atoms with Crippen LogP contribution in [0.2, 0.25) is 0 Å². The van der Waals surface area contributed by atoms with E-state index < -0.39 is 18.1 Å². The number of hydrogen-bond donors (Lipinski definition) is 2. The Hall–Kier alpha value is -2.74. The number of amides is 2. The van der Waals surface area contributed by atoms with Gasteiger partial charge < -0.3 is 14.8 Å². The highest BCUT2D eigenvalue weighted by Crippen LogP contribution is 2.24. The maximum atomic E-state index is 12.7. The molecule has 1 aromatic carbocycles. The summed E-state index contributed by atoms with van der Waals surface area (Å²) >= 11 is 4.37. The molecule has 0 spiro atoms. The second kappa shape index (κ2) is 9.82. The molecule has 144 valence electrons. The number of hydrogen-bond acceptors (Lipinski definition) is 6. The van der Waals surface area contributed by atoms with Crippen molar-refractivity contribution in [2.45, 2.75) is 17.7 Å². The number of anilines is 1. The molecular weight excluding hydrogens is 368 g/mol. The zero-order valence-electron chi connectivity index (χ0n) is 14.8. The van der Waals surface area contributed by atoms with Gasteiger partial charge in [0.25, 0.3) is 0 Å². The minimum Gasteiger partial charge on any atom is -0.458 e. The second-order valence-electron chi connectivity index (χ2n) is 5.88. The minimum atomic E-state index is -0.707. The summed E-state index contributed by atoms with van der Waals surface area (Å²) in [7, 11) is 0. The number of benzene rings is 1. The van der Waals surface area contributed by atoms with Gasteiger partial charge >= 0.3 is 12.1 Å². The van der Waals surface area contributed by atoms with Crippen LogP contribution in [0.25, 0.3) is 0 Å². The third kappa shape index (κ3) is 5.62. The predicted octanol–water partition coefficient (Wildman–Crippen LogP) is 2.66. The summed E-state index contributed by atoms with van der Waals surface area (Å²) in [6.45, 7) is 7.45. The molecule has 0 aliphatic carbocycles. The number of nitrogens with one attached hydrogen (secondary N) is 1. The molecule has 8 heteroatoms. The fraction of sp³-hybridized carbons (Fsp3) is 0.316. The number of carbonyl (C=O) groups is 3. The number of thiol groups is 1. The average molecular weight is 390 g/mol. The van der Waals surface area contributed by atoms with E-state index in [1.54, 1.807) is 18.2 Å². The van der Waals surface area contributed by atoms with Crippen LogP contribution in [0.1, 0.15) is 16.8 Å². The molecule has 0 bridgehead atoms. The first-order valence-corrected chi connectivity index (χ1v) is 8.89. The van der Waals surface area contributed by atoms with Gasteiger partial charge in [-0.1, -0.05) is 31.4 Å². The minimum absolute atomic E-state index is 0.0653. The third-order valence-electron chi connectivity index (χ3n) is 3.84. The van der Waals surface area contributed by atoms with Crippen LogP contribution >= 0.6 is 12.6 Å². The summed E-state index contributed by atoms with van der Waals surface area (Å²) in [5.41, 5.74) is 0.727. The van der Waals surface area contributed by atoms with Gasteiger partial charge in [-0.05, 0) is 24.6 Å². The number of ether oxygens (including phenoxy) is 2. The lowest BCUT2D eigenvalue weighted by molar-refractivity contribution is -0.120. The van der Waals surface area contributed by atoms with Gasteiger partial charge in [0.15, 0.2) is 0 Å². The molecule has 1 aliphatic heterocycles. The van der Waals surface area contributed by atoms with Crippen LogP contribution in [-0.4, -0.2) is 53.9 Å². The summed E-state index contributed by atoms with van der Waals surface area (Å²) in [6, 6.07) is 5.67. The quantitative estimate of drug-likeness (QED) is 0.425. The standard InChI is InChI=1S/C19H22N2O5S/c1-3-8-25-18(23)13-6-5-7-14(10-13)20-17(22)16-11-15(27)12-21(16)19(24)26-9-4-2/h3-7,10,15-16,27H,1-2,8-9,11-12H2,(H,20,22)/t15-,16-/m0/s1. The highest BCUT2D eigenvalue weighted by atomic mass is 32.1. The van der Waals surface area contributed by atoms with Crippen LogP contribution in [-0.2, 0) is 14.3 Å². The molecule has 0 saturated carbocycles. The summed E-state index contributed by atoms with van der Waals surface area (Å²) in [6.07, 6.45) is 2.74. The molecular formula is C19H22N2O5S. The normalized spacial score (nSPS) is 18.5. The van der Waals surface area contributed by atoms with E-state index >= 15 is 0 Å². The van der Waals surface area contributed by atoms with Crippen molar-refractivity contribution in [3.63, 3.8) is 0 Å². The van der Waals surface area contributed by atoms with Crippen molar-refractivity contribution in [1.29, 1.82) is 0 Å². The summed E-state index contributed by atoms with van der Waals surface area (Å²) in [5, 5.41) is 2.60. The van der Waals surface area contributed by atoms with Gasteiger partial charge in [0.1, 0.15) is 19.3 Å². The number of esters is 1. The summed E-state index contributed by atoms with van der Waals surface area (Å²) in [4.78, 5) is 38.0. The molecule has 2 atom stereocenters. The van der Waals surface area contributed by atoms with Crippen molar-refractivity contribution >= 4 is 36.3 Å². The first kappa shape index (κ1) is 20.6. The zero-order valence-corrected chi connectivity index (χ0v) is 15.7. The third-order valence-corrected chi connectivity index (χ3v) is 4.21. The van der Waals surface area contributed by atoms with Gasteiger partial charge in [-0.15, -0.1) is 0 Å². The fourth-order valence-corrected chi connectivity index (χ4v) is 3.02. The van der Waals surface area contributed by atoms with Crippen molar-refractivity contribution in [3.8, 4) is 0 Å². The number of nitrogens with zero attached hydrogens (tertiary/aromatic N) is 1. The monoisotopic (exact) mass is 390 g/mol. The molecule has 1 fully saturated rings. The molecule has 27 heavy (non-hydrogen) atoms. The van der Waals surface area contributed by atoms with E-state index in [0.29, 0.717) is 24.2 Å². The molecule has 0 radical (unpaired) electrons. The van der Waals surface area contributed by atoms with E-state index in [4.69, 9.17) is 9.47 Å². The Morgan fingerprint density at radius 1 is 1.22 bits per heavy atom. The second-order valence-corrected chi connectivity index (χ2v) is 6.61. The van der Waals surface area contributed by atoms with Crippen molar-refractivity contribution in [3.05, 3.63) is 55.1 Å². The van der Waals surface area contributed by atoms with E-state index in [9.17, 15) is 14.4 Å². The van der Waals surface area contributed by atoms with Crippen LogP contribution in [0.5, 0.6) is 0 Å². The van der Waals surface area contributed by atoms with Crippen LogP contribution in [0.4, 0.5) is 10.5 Å². The first-order chi connectivity index (χ1) is 13.0. The lowest BCUT2D eigenvalue weighted by Gasteiger charge is -2.23. The highest BCUT2D eigenvalue weighted by molar-refractivity contribution is 7.81. The Kier molecular flexibility index (Phi) is 7.48. The topological polar surface area (TPSA) is 84.9 Å². The Morgan fingerprint density at radius 3 is 2.63 bits per heavy atom. The smallest absolute Gasteiger partial charge is 0.410 e. The maximum absolute atomic E-state index is 12.7. The van der Waals surface area contributed by atoms with E-state index in [1.165, 1.54) is 23.1 Å². The Morgan fingerprint density at radius 2 is 1.93 bits per heavy atom. The lowest BCUT2D eigenvalue weighted by atomic mass is 10.1. The molecule has 0 aromatic heterocycles. The fourth-order valence-electron chi connectivity index (χ4n) is 2.64. The Bertz CT molecular complexity index is 737. The predicted molar refractivity (Wildman–Crippen MR) is 105 cm³/mol. The molecule has 1 N–H and O–H groups in total. The van der Waals surface area contributed by atoms with Gasteiger partial charge in [-0.2, -0.15) is 12.6 Å². The number of carbonyl (C=O) groups excluding carboxylic acids is 3. The van der Waals surface area contributed by atoms with Crippen molar-refractivity contribution in [2.24, 2.45) is 0 Å². The molecule has 7 nitrogen and oxygen atoms in total. The number of likely N-dealkylation sites (tertiary alicyclic amines) is 1. The summed E-state index contributed by atoms with van der Waals surface area (Å²) in [5.74, 6) is -0.893. The molecule has 2 amide bonds.